The first-order valence-electron chi connectivity index (χ1n) is 13.6. The Bertz CT molecular complexity index is 1380. The van der Waals surface area contributed by atoms with E-state index in [1.807, 2.05) is 31.2 Å². The molecule has 8 rings (SSSR count). The molecule has 6 aliphatic rings. The third-order valence-electron chi connectivity index (χ3n) is 9.41. The Kier molecular flexibility index (Phi) is 5.16. The third-order valence-corrected chi connectivity index (χ3v) is 9.41. The molecular formula is C31H30N2O5. The van der Waals surface area contributed by atoms with Gasteiger partial charge in [0.1, 0.15) is 5.75 Å². The van der Waals surface area contributed by atoms with Gasteiger partial charge in [0.2, 0.25) is 17.7 Å². The van der Waals surface area contributed by atoms with Gasteiger partial charge in [0.05, 0.1) is 23.4 Å². The normalized spacial score (nSPS) is 32.6. The van der Waals surface area contributed by atoms with E-state index in [0.29, 0.717) is 28.8 Å². The first-order valence-corrected chi connectivity index (χ1v) is 13.6. The molecule has 3 amide bonds. The topological polar surface area (TPSA) is 84.0 Å². The maximum absolute atomic E-state index is 13.5. The number of amides is 3. The smallest absolute Gasteiger partial charge is 0.316 e. The summed E-state index contributed by atoms with van der Waals surface area (Å²) in [5.74, 6) is -0.0239. The van der Waals surface area contributed by atoms with Crippen molar-refractivity contribution in [1.82, 2.24) is 0 Å². The fourth-order valence-electron chi connectivity index (χ4n) is 7.36. The summed E-state index contributed by atoms with van der Waals surface area (Å²) in [6.07, 6.45) is 6.48. The van der Waals surface area contributed by atoms with Gasteiger partial charge < -0.3 is 9.64 Å². The lowest BCUT2D eigenvalue weighted by Crippen LogP contribution is -2.40. The second-order valence-electron chi connectivity index (χ2n) is 11.5. The van der Waals surface area contributed by atoms with Crippen LogP contribution in [0.2, 0.25) is 0 Å². The maximum Gasteiger partial charge on any atom is 0.316 e. The van der Waals surface area contributed by atoms with Gasteiger partial charge in [-0.25, -0.2) is 4.90 Å². The number of carbonyl (C=O) groups is 4. The van der Waals surface area contributed by atoms with Gasteiger partial charge in [0, 0.05) is 18.7 Å². The second-order valence-corrected chi connectivity index (χ2v) is 11.5. The number of nitrogens with zero attached hydrogens (tertiary/aromatic N) is 2. The molecule has 2 heterocycles. The van der Waals surface area contributed by atoms with E-state index in [2.05, 4.69) is 19.1 Å². The monoisotopic (exact) mass is 510 g/mol. The van der Waals surface area contributed by atoms with Crippen LogP contribution in [0.4, 0.5) is 11.4 Å². The SMILES string of the molecule is CCc1ccc(N2C[C@H](C(=O)Oc3ccc(N4C(=O)[C@@H]5[C@H]6C=C[C@@H]([C@@H]7C[C@@H]67)[C@H]5C4=O)c(C)c3)CC2=O)cc1. The molecule has 38 heavy (non-hydrogen) atoms. The Morgan fingerprint density at radius 3 is 2.21 bits per heavy atom. The molecule has 0 aromatic heterocycles. The van der Waals surface area contributed by atoms with Crippen LogP contribution in [0.1, 0.15) is 30.9 Å². The lowest BCUT2D eigenvalue weighted by atomic mass is 9.63. The van der Waals surface area contributed by atoms with E-state index in [0.717, 1.165) is 18.5 Å². The molecule has 2 bridgehead atoms. The highest BCUT2D eigenvalue weighted by Gasteiger charge is 2.67. The molecule has 7 atom stereocenters. The Morgan fingerprint density at radius 2 is 1.61 bits per heavy atom. The summed E-state index contributed by atoms with van der Waals surface area (Å²) < 4.78 is 5.66. The molecule has 0 N–H and O–H groups in total. The number of esters is 1. The maximum atomic E-state index is 13.5. The number of anilines is 2. The van der Waals surface area contributed by atoms with Crippen molar-refractivity contribution >= 4 is 35.1 Å². The highest BCUT2D eigenvalue weighted by Crippen LogP contribution is 2.65. The quantitative estimate of drug-likeness (QED) is 0.262. The zero-order valence-corrected chi connectivity index (χ0v) is 21.5. The molecule has 7 heteroatoms. The molecule has 2 aliphatic heterocycles. The van der Waals surface area contributed by atoms with Crippen molar-refractivity contribution in [2.24, 2.45) is 41.4 Å². The number of aryl methyl sites for hydroxylation is 2. The molecule has 0 radical (unpaired) electrons. The summed E-state index contributed by atoms with van der Waals surface area (Å²) in [5.41, 5.74) is 3.22. The summed E-state index contributed by atoms with van der Waals surface area (Å²) in [6.45, 7) is 4.17. The van der Waals surface area contributed by atoms with E-state index in [9.17, 15) is 19.2 Å². The number of rotatable bonds is 5. The molecule has 4 aliphatic carbocycles. The zero-order chi connectivity index (χ0) is 26.3. The minimum atomic E-state index is -0.562. The first kappa shape index (κ1) is 23.4. The molecule has 7 nitrogen and oxygen atoms in total. The van der Waals surface area contributed by atoms with Crippen molar-refractivity contribution in [3.05, 3.63) is 65.7 Å². The van der Waals surface area contributed by atoms with Gasteiger partial charge in [-0.15, -0.1) is 0 Å². The van der Waals surface area contributed by atoms with Crippen LogP contribution in [0.3, 0.4) is 0 Å². The molecule has 2 aromatic carbocycles. The molecule has 194 valence electrons. The number of hydrogen-bond acceptors (Lipinski definition) is 5. The van der Waals surface area contributed by atoms with Crippen LogP contribution in [-0.2, 0) is 25.6 Å². The summed E-state index contributed by atoms with van der Waals surface area (Å²) >= 11 is 0. The van der Waals surface area contributed by atoms with Gasteiger partial charge in [-0.3, -0.25) is 19.2 Å². The highest BCUT2D eigenvalue weighted by molar-refractivity contribution is 6.23. The van der Waals surface area contributed by atoms with Crippen LogP contribution in [0.5, 0.6) is 5.75 Å². The van der Waals surface area contributed by atoms with Crippen LogP contribution in [-0.4, -0.2) is 30.2 Å². The summed E-state index contributed by atoms with van der Waals surface area (Å²) in [4.78, 5) is 55.5. The van der Waals surface area contributed by atoms with Crippen molar-refractivity contribution in [3.8, 4) is 5.75 Å². The van der Waals surface area contributed by atoms with E-state index in [-0.39, 0.29) is 54.4 Å². The van der Waals surface area contributed by atoms with Gasteiger partial charge in [-0.1, -0.05) is 31.2 Å². The second kappa shape index (κ2) is 8.38. The largest absolute Gasteiger partial charge is 0.426 e. The van der Waals surface area contributed by atoms with E-state index < -0.39 is 11.9 Å². The Morgan fingerprint density at radius 1 is 0.947 bits per heavy atom. The minimum absolute atomic E-state index is 0.101. The van der Waals surface area contributed by atoms with E-state index in [4.69, 9.17) is 4.74 Å². The van der Waals surface area contributed by atoms with Crippen LogP contribution in [0.15, 0.2) is 54.6 Å². The predicted molar refractivity (Wildman–Crippen MR) is 140 cm³/mol. The number of carbonyl (C=O) groups excluding carboxylic acids is 4. The van der Waals surface area contributed by atoms with Crippen molar-refractivity contribution in [2.45, 2.75) is 33.1 Å². The number of ether oxygens (including phenoxy) is 1. The summed E-state index contributed by atoms with van der Waals surface area (Å²) in [6, 6.07) is 12.8. The van der Waals surface area contributed by atoms with Crippen molar-refractivity contribution in [2.75, 3.05) is 16.3 Å². The molecular weight excluding hydrogens is 480 g/mol. The number of hydrogen-bond donors (Lipinski definition) is 0. The Balaban J connectivity index is 1.05. The van der Waals surface area contributed by atoms with E-state index in [1.165, 1.54) is 10.5 Å². The van der Waals surface area contributed by atoms with Gasteiger partial charge in [0.15, 0.2) is 0 Å². The van der Waals surface area contributed by atoms with Gasteiger partial charge in [0.25, 0.3) is 0 Å². The molecule has 2 aromatic rings. The fourth-order valence-corrected chi connectivity index (χ4v) is 7.36. The average Bonchev–Trinajstić information content (AvgIpc) is 3.60. The van der Waals surface area contributed by atoms with Gasteiger partial charge in [-0.2, -0.15) is 0 Å². The number of imide groups is 1. The zero-order valence-electron chi connectivity index (χ0n) is 21.5. The molecule has 2 saturated carbocycles. The lowest BCUT2D eigenvalue weighted by molar-refractivity contribution is -0.139. The molecule has 2 saturated heterocycles. The summed E-state index contributed by atoms with van der Waals surface area (Å²) in [5, 5.41) is 0. The van der Waals surface area contributed by atoms with Crippen molar-refractivity contribution in [3.63, 3.8) is 0 Å². The fraction of sp³-hybridized carbons (Fsp3) is 0.419. The minimum Gasteiger partial charge on any atom is -0.426 e. The lowest BCUT2D eigenvalue weighted by Gasteiger charge is -2.37. The van der Waals surface area contributed by atoms with Crippen LogP contribution in [0, 0.1) is 48.3 Å². The van der Waals surface area contributed by atoms with E-state index in [1.54, 1.807) is 23.1 Å². The molecule has 4 fully saturated rings. The van der Waals surface area contributed by atoms with Gasteiger partial charge in [-0.05, 0) is 84.9 Å². The van der Waals surface area contributed by atoms with Crippen LogP contribution >= 0.6 is 0 Å². The van der Waals surface area contributed by atoms with Crippen LogP contribution < -0.4 is 14.5 Å². The summed E-state index contributed by atoms with van der Waals surface area (Å²) in [7, 11) is 0. The Labute approximate surface area is 221 Å². The third kappa shape index (κ3) is 3.40. The standard InChI is InChI=1S/C31H30N2O5/c1-3-17-4-6-19(7-5-17)32-15-18(13-26(32)34)31(37)38-20-8-11-25(16(2)12-20)33-29(35)27-21-9-10-22(24-14-23(21)24)28(27)30(33)36/h4-12,18,21-24,27-28H,3,13-15H2,1-2H3/t18-,21+,22+,23+,24+,27-,28-/m1/s1. The van der Waals surface area contributed by atoms with Crippen molar-refractivity contribution in [1.29, 1.82) is 0 Å². The molecule has 0 spiro atoms. The van der Waals surface area contributed by atoms with E-state index >= 15 is 0 Å². The van der Waals surface area contributed by atoms with Crippen LogP contribution in [0.25, 0.3) is 0 Å². The molecule has 0 unspecified atom stereocenters. The Hall–Kier alpha value is -3.74. The number of allylic oxidation sites excluding steroid dienone is 2. The van der Waals surface area contributed by atoms with Crippen molar-refractivity contribution < 1.29 is 23.9 Å². The highest BCUT2D eigenvalue weighted by atomic mass is 16.5. The van der Waals surface area contributed by atoms with Gasteiger partial charge >= 0.3 is 5.97 Å². The average molecular weight is 511 g/mol. The number of benzene rings is 2. The predicted octanol–water partition coefficient (Wildman–Crippen LogP) is 4.07. The first-order chi connectivity index (χ1) is 18.4.